The number of hydrogen-bond donors (Lipinski definition) is 2. The van der Waals surface area contributed by atoms with Crippen LogP contribution in [0.15, 0.2) is 12.4 Å². The van der Waals surface area contributed by atoms with Crippen LogP contribution in [0.5, 0.6) is 5.88 Å². The number of nitrogens with two attached hydrogens (primary N) is 1. The maximum absolute atomic E-state index is 13.1. The lowest BCUT2D eigenvalue weighted by Crippen LogP contribution is -2.56. The van der Waals surface area contributed by atoms with Crippen LogP contribution in [-0.2, 0) is 5.60 Å². The van der Waals surface area contributed by atoms with Gasteiger partial charge in [0.2, 0.25) is 11.5 Å². The highest BCUT2D eigenvalue weighted by Crippen LogP contribution is 2.43. The highest BCUT2D eigenvalue weighted by molar-refractivity contribution is 5.28. The fraction of sp³-hybridized carbons (Fsp3) is 0.600. The molecule has 0 aliphatic heterocycles. The van der Waals surface area contributed by atoms with E-state index in [1.807, 2.05) is 0 Å². The van der Waals surface area contributed by atoms with Gasteiger partial charge in [0, 0.05) is 18.4 Å². The minimum absolute atomic E-state index is 0.0876. The Labute approximate surface area is 102 Å². The second kappa shape index (κ2) is 5.07. The van der Waals surface area contributed by atoms with Gasteiger partial charge in [-0.15, -0.1) is 0 Å². The Kier molecular flexibility index (Phi) is 4.12. The number of hydrogen-bond acceptors (Lipinski definition) is 5. The molecule has 1 aromatic rings. The first-order valence-electron chi connectivity index (χ1n) is 5.19. The molecule has 3 N–H and O–H groups in total. The summed E-state index contributed by atoms with van der Waals surface area (Å²) in [5, 5.41) is 9.97. The molecule has 102 valence electrons. The van der Waals surface area contributed by atoms with Crippen molar-refractivity contribution in [3.8, 4) is 5.88 Å². The van der Waals surface area contributed by atoms with E-state index in [2.05, 4.69) is 9.97 Å². The van der Waals surface area contributed by atoms with Gasteiger partial charge in [0.15, 0.2) is 0 Å². The summed E-state index contributed by atoms with van der Waals surface area (Å²) in [6.07, 6.45) is -2.87. The molecule has 18 heavy (non-hydrogen) atoms. The van der Waals surface area contributed by atoms with Gasteiger partial charge >= 0.3 is 6.18 Å². The summed E-state index contributed by atoms with van der Waals surface area (Å²) in [6.45, 7) is 1.43. The maximum atomic E-state index is 13.1. The number of aromatic nitrogens is 2. The highest BCUT2D eigenvalue weighted by atomic mass is 19.4. The standard InChI is InChI=1S/C10H14F3N3O2/c1-3-6(14)9(17,10(11,12)13)7-8(18-2)16-5-4-15-7/h4-6,17H,3,14H2,1-2H3. The topological polar surface area (TPSA) is 81.3 Å². The minimum atomic E-state index is -4.98. The molecule has 1 heterocycles. The van der Waals surface area contributed by atoms with E-state index in [-0.39, 0.29) is 6.42 Å². The summed E-state index contributed by atoms with van der Waals surface area (Å²) in [4.78, 5) is 7.11. The lowest BCUT2D eigenvalue weighted by molar-refractivity contribution is -0.276. The van der Waals surface area contributed by atoms with Crippen molar-refractivity contribution in [2.45, 2.75) is 31.2 Å². The van der Waals surface area contributed by atoms with Crippen LogP contribution >= 0.6 is 0 Å². The Morgan fingerprint density at radius 2 is 1.94 bits per heavy atom. The van der Waals surface area contributed by atoms with E-state index in [1.54, 1.807) is 0 Å². The predicted molar refractivity (Wildman–Crippen MR) is 56.8 cm³/mol. The Balaban J connectivity index is 3.44. The van der Waals surface area contributed by atoms with Crippen LogP contribution in [0.1, 0.15) is 19.0 Å². The van der Waals surface area contributed by atoms with Crippen LogP contribution in [0.2, 0.25) is 0 Å². The van der Waals surface area contributed by atoms with Crippen molar-refractivity contribution in [1.29, 1.82) is 0 Å². The average Bonchev–Trinajstić information content (AvgIpc) is 2.35. The Morgan fingerprint density at radius 1 is 1.39 bits per heavy atom. The normalized spacial score (nSPS) is 17.1. The summed E-state index contributed by atoms with van der Waals surface area (Å²) in [7, 11) is 1.14. The monoisotopic (exact) mass is 265 g/mol. The maximum Gasteiger partial charge on any atom is 0.424 e. The lowest BCUT2D eigenvalue weighted by atomic mass is 9.88. The molecule has 1 rings (SSSR count). The summed E-state index contributed by atoms with van der Waals surface area (Å²) >= 11 is 0. The van der Waals surface area contributed by atoms with E-state index in [0.29, 0.717) is 0 Å². The molecule has 0 saturated heterocycles. The van der Waals surface area contributed by atoms with Gasteiger partial charge in [0.05, 0.1) is 7.11 Å². The number of nitrogens with zero attached hydrogens (tertiary/aromatic N) is 2. The molecule has 0 fully saturated rings. The van der Waals surface area contributed by atoms with Crippen LogP contribution in [0, 0.1) is 0 Å². The van der Waals surface area contributed by atoms with Gasteiger partial charge < -0.3 is 15.6 Å². The summed E-state index contributed by atoms with van der Waals surface area (Å²) in [5.41, 5.74) is 1.38. The zero-order valence-corrected chi connectivity index (χ0v) is 9.90. The first-order chi connectivity index (χ1) is 8.29. The molecule has 2 atom stereocenters. The molecule has 0 saturated carbocycles. The van der Waals surface area contributed by atoms with Gasteiger partial charge in [0.25, 0.3) is 0 Å². The average molecular weight is 265 g/mol. The largest absolute Gasteiger partial charge is 0.480 e. The third-order valence-corrected chi connectivity index (χ3v) is 2.63. The second-order valence-electron chi connectivity index (χ2n) is 3.69. The number of rotatable bonds is 4. The van der Waals surface area contributed by atoms with E-state index in [9.17, 15) is 18.3 Å². The number of aliphatic hydroxyl groups is 1. The number of alkyl halides is 3. The zero-order valence-electron chi connectivity index (χ0n) is 9.90. The van der Waals surface area contributed by atoms with E-state index < -0.39 is 29.4 Å². The van der Waals surface area contributed by atoms with Gasteiger partial charge in [-0.05, 0) is 6.42 Å². The van der Waals surface area contributed by atoms with Crippen molar-refractivity contribution in [3.63, 3.8) is 0 Å². The van der Waals surface area contributed by atoms with E-state index >= 15 is 0 Å². The van der Waals surface area contributed by atoms with E-state index in [1.165, 1.54) is 6.92 Å². The first-order valence-corrected chi connectivity index (χ1v) is 5.19. The summed E-state index contributed by atoms with van der Waals surface area (Å²) < 4.78 is 44.0. The highest BCUT2D eigenvalue weighted by Gasteiger charge is 2.61. The van der Waals surface area contributed by atoms with E-state index in [0.717, 1.165) is 19.5 Å². The smallest absolute Gasteiger partial charge is 0.424 e. The summed E-state index contributed by atoms with van der Waals surface area (Å²) in [6, 6.07) is -1.57. The second-order valence-corrected chi connectivity index (χ2v) is 3.69. The predicted octanol–water partition coefficient (Wildman–Crippen LogP) is 0.972. The summed E-state index contributed by atoms with van der Waals surface area (Å²) in [5.74, 6) is -0.402. The molecule has 5 nitrogen and oxygen atoms in total. The van der Waals surface area contributed by atoms with Crippen molar-refractivity contribution in [2.75, 3.05) is 7.11 Å². The molecular formula is C10H14F3N3O2. The SMILES string of the molecule is CCC(N)C(O)(c1nccnc1OC)C(F)(F)F. The molecular weight excluding hydrogens is 251 g/mol. The Hall–Kier alpha value is -1.41. The molecule has 0 spiro atoms. The van der Waals surface area contributed by atoms with Crippen molar-refractivity contribution < 1.29 is 23.0 Å². The van der Waals surface area contributed by atoms with E-state index in [4.69, 9.17) is 10.5 Å². The number of halogens is 3. The fourth-order valence-corrected chi connectivity index (χ4v) is 1.55. The van der Waals surface area contributed by atoms with Crippen molar-refractivity contribution >= 4 is 0 Å². The van der Waals surface area contributed by atoms with Crippen molar-refractivity contribution in [1.82, 2.24) is 9.97 Å². The molecule has 0 amide bonds. The molecule has 0 aliphatic rings. The molecule has 2 unspecified atom stereocenters. The number of ether oxygens (including phenoxy) is 1. The van der Waals surface area contributed by atoms with Crippen LogP contribution in [0.4, 0.5) is 13.2 Å². The van der Waals surface area contributed by atoms with Crippen molar-refractivity contribution in [2.24, 2.45) is 5.73 Å². The lowest BCUT2D eigenvalue weighted by Gasteiger charge is -2.34. The number of methoxy groups -OCH3 is 1. The van der Waals surface area contributed by atoms with Gasteiger partial charge in [-0.1, -0.05) is 6.92 Å². The van der Waals surface area contributed by atoms with Crippen LogP contribution in [0.3, 0.4) is 0 Å². The quantitative estimate of drug-likeness (QED) is 0.847. The fourth-order valence-electron chi connectivity index (χ4n) is 1.55. The van der Waals surface area contributed by atoms with Crippen LogP contribution in [0.25, 0.3) is 0 Å². The van der Waals surface area contributed by atoms with Crippen LogP contribution in [-0.4, -0.2) is 34.4 Å². The third kappa shape index (κ3) is 2.25. The Bertz CT molecular complexity index is 414. The molecule has 8 heteroatoms. The minimum Gasteiger partial charge on any atom is -0.480 e. The molecule has 0 aliphatic carbocycles. The molecule has 0 aromatic carbocycles. The van der Waals surface area contributed by atoms with Crippen LogP contribution < -0.4 is 10.5 Å². The molecule has 1 aromatic heterocycles. The third-order valence-electron chi connectivity index (χ3n) is 2.63. The molecule has 0 radical (unpaired) electrons. The van der Waals surface area contributed by atoms with Gasteiger partial charge in [-0.3, -0.25) is 4.98 Å². The van der Waals surface area contributed by atoms with Gasteiger partial charge in [0.1, 0.15) is 5.69 Å². The molecule has 0 bridgehead atoms. The first kappa shape index (κ1) is 14.7. The van der Waals surface area contributed by atoms with Gasteiger partial charge in [-0.2, -0.15) is 13.2 Å². The van der Waals surface area contributed by atoms with Crippen molar-refractivity contribution in [3.05, 3.63) is 18.1 Å². The zero-order chi connectivity index (χ0) is 14.0. The van der Waals surface area contributed by atoms with Gasteiger partial charge in [-0.25, -0.2) is 4.98 Å². The Morgan fingerprint density at radius 3 is 2.39 bits per heavy atom.